The summed E-state index contributed by atoms with van der Waals surface area (Å²) in [4.78, 5) is 18.5. The van der Waals surface area contributed by atoms with Crippen LogP contribution in [0.4, 0.5) is 10.5 Å². The molecule has 0 unspecified atom stereocenters. The number of halogens is 1. The fourth-order valence-corrected chi connectivity index (χ4v) is 4.85. The van der Waals surface area contributed by atoms with E-state index >= 15 is 0 Å². The summed E-state index contributed by atoms with van der Waals surface area (Å²) < 4.78 is 34.8. The highest BCUT2D eigenvalue weighted by Gasteiger charge is 2.24. The van der Waals surface area contributed by atoms with Crippen LogP contribution >= 0.6 is 15.9 Å². The van der Waals surface area contributed by atoms with Crippen LogP contribution in [0.2, 0.25) is 0 Å². The topological polar surface area (TPSA) is 118 Å². The van der Waals surface area contributed by atoms with Gasteiger partial charge in [0.05, 0.1) is 4.90 Å². The highest BCUT2D eigenvalue weighted by Crippen LogP contribution is 2.22. The zero-order chi connectivity index (χ0) is 25.6. The molecule has 0 aliphatic carbocycles. The van der Waals surface area contributed by atoms with Crippen molar-refractivity contribution in [3.63, 3.8) is 0 Å². The Kier molecular flexibility index (Phi) is 8.84. The van der Waals surface area contributed by atoms with E-state index in [-0.39, 0.29) is 24.5 Å². The summed E-state index contributed by atoms with van der Waals surface area (Å²) in [6.45, 7) is 6.32. The lowest BCUT2D eigenvalue weighted by atomic mass is 10.2. The van der Waals surface area contributed by atoms with Crippen LogP contribution in [0, 0.1) is 0 Å². The molecule has 2 aromatic carbocycles. The van der Waals surface area contributed by atoms with Crippen LogP contribution in [-0.2, 0) is 14.8 Å². The Hall–Kier alpha value is -2.57. The number of amides is 1. The molecule has 0 radical (unpaired) electrons. The summed E-state index contributed by atoms with van der Waals surface area (Å²) in [5, 5.41) is 2.80. The molecule has 0 saturated heterocycles. The van der Waals surface area contributed by atoms with Gasteiger partial charge in [-0.1, -0.05) is 28.1 Å². The first-order valence-electron chi connectivity index (χ1n) is 11.0. The molecule has 35 heavy (non-hydrogen) atoms. The lowest BCUT2D eigenvalue weighted by molar-refractivity contribution is 0.0576. The number of nitrogens with two attached hydrogens (primary N) is 1. The standard InChI is InChI=1S/C24H30BrN5O4S/c1-24(2,3)34-23(31)30(20-9-7-19(25)8-10-20)16-15-29(26)14-13-28-35(32,33)22-6-4-5-18-17-27-12-11-21(18)22/h4-12,17,28H,13-16,26H2,1-3H3. The number of hydrogen-bond acceptors (Lipinski definition) is 7. The number of fused-ring (bicyclic) bond motifs is 1. The van der Waals surface area contributed by atoms with Gasteiger partial charge < -0.3 is 4.74 Å². The van der Waals surface area contributed by atoms with Gasteiger partial charge in [-0.15, -0.1) is 0 Å². The number of anilines is 1. The molecule has 1 heterocycles. The molecule has 0 atom stereocenters. The van der Waals surface area contributed by atoms with Gasteiger partial charge in [-0.25, -0.2) is 22.9 Å². The Bertz CT molecular complexity index is 1260. The highest BCUT2D eigenvalue weighted by atomic mass is 79.9. The van der Waals surface area contributed by atoms with E-state index in [4.69, 9.17) is 10.6 Å². The van der Waals surface area contributed by atoms with Crippen LogP contribution in [0.5, 0.6) is 0 Å². The second-order valence-corrected chi connectivity index (χ2v) is 11.5. The van der Waals surface area contributed by atoms with Gasteiger partial charge in [0.2, 0.25) is 10.0 Å². The van der Waals surface area contributed by atoms with Crippen LogP contribution in [0.1, 0.15) is 20.8 Å². The average Bonchev–Trinajstić information content (AvgIpc) is 2.78. The van der Waals surface area contributed by atoms with Gasteiger partial charge in [-0.3, -0.25) is 15.7 Å². The third kappa shape index (κ3) is 7.71. The van der Waals surface area contributed by atoms with Gasteiger partial charge in [0.25, 0.3) is 0 Å². The molecule has 1 amide bonds. The van der Waals surface area contributed by atoms with E-state index in [9.17, 15) is 13.2 Å². The van der Waals surface area contributed by atoms with Crippen molar-refractivity contribution in [3.05, 3.63) is 65.4 Å². The maximum absolute atomic E-state index is 12.9. The maximum atomic E-state index is 12.9. The first-order valence-corrected chi connectivity index (χ1v) is 13.3. The summed E-state index contributed by atoms with van der Waals surface area (Å²) in [6.07, 6.45) is 2.70. The minimum absolute atomic E-state index is 0.102. The number of ether oxygens (including phenoxy) is 1. The number of hydrazine groups is 1. The van der Waals surface area contributed by atoms with Gasteiger partial charge in [0.1, 0.15) is 5.60 Å². The van der Waals surface area contributed by atoms with Gasteiger partial charge in [-0.05, 0) is 57.2 Å². The van der Waals surface area contributed by atoms with Gasteiger partial charge in [0.15, 0.2) is 0 Å². The third-order valence-corrected chi connectivity index (χ3v) is 7.03. The Morgan fingerprint density at radius 1 is 1.09 bits per heavy atom. The summed E-state index contributed by atoms with van der Waals surface area (Å²) >= 11 is 3.40. The SMILES string of the molecule is CC(C)(C)OC(=O)N(CCN(N)CCNS(=O)(=O)c1cccc2cnccc12)c1ccc(Br)cc1. The molecule has 3 rings (SSSR count). The molecule has 0 aliphatic rings. The molecule has 0 spiro atoms. The molecule has 0 fully saturated rings. The summed E-state index contributed by atoms with van der Waals surface area (Å²) in [7, 11) is -3.74. The molecule has 3 aromatic rings. The van der Waals surface area contributed by atoms with Crippen molar-refractivity contribution in [3.8, 4) is 0 Å². The van der Waals surface area contributed by atoms with E-state index in [1.54, 1.807) is 51.4 Å². The minimum atomic E-state index is -3.74. The van der Waals surface area contributed by atoms with Crippen LogP contribution in [0.25, 0.3) is 10.8 Å². The van der Waals surface area contributed by atoms with E-state index in [1.165, 1.54) is 9.91 Å². The summed E-state index contributed by atoms with van der Waals surface area (Å²) in [5.74, 6) is 6.11. The van der Waals surface area contributed by atoms with Crippen molar-refractivity contribution in [1.29, 1.82) is 0 Å². The molecule has 0 bridgehead atoms. The van der Waals surface area contributed by atoms with E-state index in [0.717, 1.165) is 9.86 Å². The monoisotopic (exact) mass is 563 g/mol. The van der Waals surface area contributed by atoms with Gasteiger partial charge in [-0.2, -0.15) is 0 Å². The molecule has 0 aliphatic heterocycles. The number of rotatable bonds is 9. The number of carbonyl (C=O) groups excluding carboxylic acids is 1. The summed E-state index contributed by atoms with van der Waals surface area (Å²) in [5.41, 5.74) is 0.0188. The molecular weight excluding hydrogens is 534 g/mol. The highest BCUT2D eigenvalue weighted by molar-refractivity contribution is 9.10. The number of benzene rings is 2. The molecule has 0 saturated carbocycles. The molecule has 9 nitrogen and oxygen atoms in total. The Balaban J connectivity index is 1.60. The van der Waals surface area contributed by atoms with Crippen LogP contribution in [0.3, 0.4) is 0 Å². The number of sulfonamides is 1. The number of nitrogens with one attached hydrogen (secondary N) is 1. The fourth-order valence-electron chi connectivity index (χ4n) is 3.33. The lowest BCUT2D eigenvalue weighted by Crippen LogP contribution is -2.45. The maximum Gasteiger partial charge on any atom is 0.414 e. The smallest absolute Gasteiger partial charge is 0.414 e. The quantitative estimate of drug-likeness (QED) is 0.299. The van der Waals surface area contributed by atoms with Crippen molar-refractivity contribution >= 4 is 48.5 Å². The third-order valence-electron chi connectivity index (χ3n) is 4.98. The Morgan fingerprint density at radius 2 is 1.80 bits per heavy atom. The lowest BCUT2D eigenvalue weighted by Gasteiger charge is -2.29. The predicted octanol–water partition coefficient (Wildman–Crippen LogP) is 3.89. The van der Waals surface area contributed by atoms with Crippen molar-refractivity contribution < 1.29 is 17.9 Å². The Labute approximate surface area is 214 Å². The van der Waals surface area contributed by atoms with E-state index in [1.807, 2.05) is 30.3 Å². The number of nitrogens with zero attached hydrogens (tertiary/aromatic N) is 3. The largest absolute Gasteiger partial charge is 0.443 e. The first-order chi connectivity index (χ1) is 16.5. The van der Waals surface area contributed by atoms with E-state index < -0.39 is 21.7 Å². The molecule has 3 N–H and O–H groups in total. The predicted molar refractivity (Wildman–Crippen MR) is 140 cm³/mol. The second-order valence-electron chi connectivity index (χ2n) is 8.90. The normalized spacial score (nSPS) is 12.2. The zero-order valence-corrected chi connectivity index (χ0v) is 22.3. The van der Waals surface area contributed by atoms with E-state index in [2.05, 4.69) is 25.6 Å². The van der Waals surface area contributed by atoms with Crippen molar-refractivity contribution in [2.75, 3.05) is 31.1 Å². The van der Waals surface area contributed by atoms with Gasteiger partial charge in [0, 0.05) is 59.5 Å². The van der Waals surface area contributed by atoms with E-state index in [0.29, 0.717) is 17.6 Å². The van der Waals surface area contributed by atoms with Crippen molar-refractivity contribution in [1.82, 2.24) is 14.7 Å². The van der Waals surface area contributed by atoms with Crippen LogP contribution < -0.4 is 15.5 Å². The zero-order valence-electron chi connectivity index (χ0n) is 19.9. The van der Waals surface area contributed by atoms with Crippen LogP contribution in [0.15, 0.2) is 70.3 Å². The number of hydrogen-bond donors (Lipinski definition) is 2. The molecule has 1 aromatic heterocycles. The molecule has 188 valence electrons. The van der Waals surface area contributed by atoms with Crippen molar-refractivity contribution in [2.24, 2.45) is 5.84 Å². The van der Waals surface area contributed by atoms with Gasteiger partial charge >= 0.3 is 6.09 Å². The fraction of sp³-hybridized carbons (Fsp3) is 0.333. The second kappa shape index (κ2) is 11.4. The van der Waals surface area contributed by atoms with Crippen molar-refractivity contribution in [2.45, 2.75) is 31.3 Å². The minimum Gasteiger partial charge on any atom is -0.443 e. The number of aromatic nitrogens is 1. The molecule has 11 heteroatoms. The molecular formula is C24H30BrN5O4S. The summed E-state index contributed by atoms with van der Waals surface area (Å²) in [6, 6.07) is 14.0. The number of carbonyl (C=O) groups is 1. The van der Waals surface area contributed by atoms with Crippen LogP contribution in [-0.4, -0.2) is 56.3 Å². The first kappa shape index (κ1) is 27.0. The number of pyridine rings is 1. The average molecular weight is 565 g/mol. The Morgan fingerprint density at radius 3 is 2.49 bits per heavy atom.